The molecule has 5 nitrogen and oxygen atoms in total. The normalized spacial score (nSPS) is 28.4. The van der Waals surface area contributed by atoms with Crippen molar-refractivity contribution in [3.8, 4) is 0 Å². The topological polar surface area (TPSA) is 72.8 Å². The number of hydrogen-bond donors (Lipinski definition) is 1. The Bertz CT molecular complexity index is 288. The first-order valence-electron chi connectivity index (χ1n) is 5.37. The number of methoxy groups -OCH3 is 1. The van der Waals surface area contributed by atoms with E-state index < -0.39 is 17.4 Å². The Kier molecular flexibility index (Phi) is 3.91. The Hall–Kier alpha value is -1.10. The molecular formula is C11H18O5. The van der Waals surface area contributed by atoms with Crippen LogP contribution in [0.3, 0.4) is 0 Å². The highest BCUT2D eigenvalue weighted by Crippen LogP contribution is 2.32. The Balaban J connectivity index is 2.72. The molecule has 5 heteroatoms. The largest absolute Gasteiger partial charge is 0.480 e. The van der Waals surface area contributed by atoms with E-state index in [9.17, 15) is 9.59 Å². The van der Waals surface area contributed by atoms with E-state index in [0.29, 0.717) is 0 Å². The molecule has 1 aliphatic heterocycles. The van der Waals surface area contributed by atoms with Gasteiger partial charge in [-0.3, -0.25) is 9.59 Å². The van der Waals surface area contributed by atoms with E-state index in [4.69, 9.17) is 9.84 Å². The van der Waals surface area contributed by atoms with Crippen molar-refractivity contribution in [3.63, 3.8) is 0 Å². The number of carbonyl (C=O) groups is 2. The SMILES string of the molecule is COC(=O)C(C)(CC1CCC(C)O1)C(=O)O. The number of carboxylic acid groups (broad SMARTS) is 1. The molecule has 1 heterocycles. The summed E-state index contributed by atoms with van der Waals surface area (Å²) in [5.41, 5.74) is -1.51. The first-order chi connectivity index (χ1) is 7.40. The highest BCUT2D eigenvalue weighted by molar-refractivity contribution is 5.98. The van der Waals surface area contributed by atoms with Gasteiger partial charge in [-0.2, -0.15) is 0 Å². The van der Waals surface area contributed by atoms with Crippen molar-refractivity contribution in [2.45, 2.75) is 45.3 Å². The highest BCUT2D eigenvalue weighted by atomic mass is 16.5. The van der Waals surface area contributed by atoms with Gasteiger partial charge in [-0.1, -0.05) is 0 Å². The molecule has 0 spiro atoms. The Morgan fingerprint density at radius 2 is 2.12 bits per heavy atom. The zero-order valence-electron chi connectivity index (χ0n) is 9.86. The Morgan fingerprint density at radius 1 is 1.50 bits per heavy atom. The summed E-state index contributed by atoms with van der Waals surface area (Å²) >= 11 is 0. The molecule has 0 saturated carbocycles. The van der Waals surface area contributed by atoms with E-state index >= 15 is 0 Å². The van der Waals surface area contributed by atoms with Gasteiger partial charge in [-0.15, -0.1) is 0 Å². The van der Waals surface area contributed by atoms with E-state index in [1.165, 1.54) is 14.0 Å². The second kappa shape index (κ2) is 4.82. The summed E-state index contributed by atoms with van der Waals surface area (Å²) in [5.74, 6) is -1.88. The smallest absolute Gasteiger partial charge is 0.323 e. The van der Waals surface area contributed by atoms with Crippen molar-refractivity contribution in [2.75, 3.05) is 7.11 Å². The number of carbonyl (C=O) groups excluding carboxylic acids is 1. The van der Waals surface area contributed by atoms with Crippen LogP contribution in [-0.2, 0) is 19.1 Å². The van der Waals surface area contributed by atoms with Crippen LogP contribution in [0.5, 0.6) is 0 Å². The molecule has 3 atom stereocenters. The summed E-state index contributed by atoms with van der Waals surface area (Å²) in [7, 11) is 1.20. The van der Waals surface area contributed by atoms with Gasteiger partial charge in [-0.25, -0.2) is 0 Å². The fraction of sp³-hybridized carbons (Fsp3) is 0.818. The number of carboxylic acids is 1. The first-order valence-corrected chi connectivity index (χ1v) is 5.37. The van der Waals surface area contributed by atoms with Crippen LogP contribution in [0, 0.1) is 5.41 Å². The molecule has 0 aromatic carbocycles. The van der Waals surface area contributed by atoms with Gasteiger partial charge in [0.05, 0.1) is 19.3 Å². The minimum absolute atomic E-state index is 0.140. The number of hydrogen-bond acceptors (Lipinski definition) is 4. The van der Waals surface area contributed by atoms with Crippen molar-refractivity contribution in [2.24, 2.45) is 5.41 Å². The van der Waals surface area contributed by atoms with E-state index in [1.54, 1.807) is 0 Å². The van der Waals surface area contributed by atoms with Gasteiger partial charge in [0.15, 0.2) is 5.41 Å². The number of esters is 1. The molecule has 16 heavy (non-hydrogen) atoms. The fourth-order valence-corrected chi connectivity index (χ4v) is 1.97. The summed E-state index contributed by atoms with van der Waals surface area (Å²) in [6, 6.07) is 0. The summed E-state index contributed by atoms with van der Waals surface area (Å²) in [5, 5.41) is 9.10. The number of ether oxygens (including phenoxy) is 2. The maximum Gasteiger partial charge on any atom is 0.323 e. The van der Waals surface area contributed by atoms with Crippen molar-refractivity contribution in [3.05, 3.63) is 0 Å². The van der Waals surface area contributed by atoms with Crippen LogP contribution in [-0.4, -0.2) is 36.4 Å². The molecule has 0 aromatic rings. The maximum absolute atomic E-state index is 11.5. The number of aliphatic carboxylic acids is 1. The van der Waals surface area contributed by atoms with E-state index in [-0.39, 0.29) is 18.6 Å². The van der Waals surface area contributed by atoms with E-state index in [2.05, 4.69) is 4.74 Å². The Morgan fingerprint density at radius 3 is 2.50 bits per heavy atom. The fourth-order valence-electron chi connectivity index (χ4n) is 1.97. The number of rotatable bonds is 4. The third-order valence-electron chi connectivity index (χ3n) is 3.06. The van der Waals surface area contributed by atoms with Crippen LogP contribution >= 0.6 is 0 Å². The molecule has 92 valence electrons. The van der Waals surface area contributed by atoms with E-state index in [0.717, 1.165) is 12.8 Å². The zero-order chi connectivity index (χ0) is 12.3. The average Bonchev–Trinajstić information content (AvgIpc) is 2.62. The van der Waals surface area contributed by atoms with Crippen LogP contribution in [0.2, 0.25) is 0 Å². The van der Waals surface area contributed by atoms with Crippen LogP contribution in [0.15, 0.2) is 0 Å². The third-order valence-corrected chi connectivity index (χ3v) is 3.06. The molecule has 0 amide bonds. The van der Waals surface area contributed by atoms with Crippen molar-refractivity contribution < 1.29 is 24.2 Å². The van der Waals surface area contributed by atoms with Gasteiger partial charge < -0.3 is 14.6 Å². The summed E-state index contributed by atoms with van der Waals surface area (Å²) in [6.07, 6.45) is 1.83. The predicted molar refractivity (Wildman–Crippen MR) is 55.9 cm³/mol. The second-order valence-electron chi connectivity index (χ2n) is 4.48. The lowest BCUT2D eigenvalue weighted by Gasteiger charge is -2.24. The standard InChI is InChI=1S/C11H18O5/c1-7-4-5-8(16-7)6-11(2,9(12)13)10(14)15-3/h7-8H,4-6H2,1-3H3,(H,12,13). The average molecular weight is 230 g/mol. The minimum atomic E-state index is -1.51. The molecule has 1 fully saturated rings. The van der Waals surface area contributed by atoms with Gasteiger partial charge in [-0.05, 0) is 26.7 Å². The molecular weight excluding hydrogens is 212 g/mol. The predicted octanol–water partition coefficient (Wildman–Crippen LogP) is 1.21. The first kappa shape index (κ1) is 13.0. The maximum atomic E-state index is 11.5. The molecule has 0 radical (unpaired) electrons. The van der Waals surface area contributed by atoms with Crippen LogP contribution in [0.4, 0.5) is 0 Å². The molecule has 0 bridgehead atoms. The molecule has 1 aliphatic rings. The summed E-state index contributed by atoms with van der Waals surface area (Å²) < 4.78 is 10.1. The Labute approximate surface area is 94.7 Å². The van der Waals surface area contributed by atoms with E-state index in [1.807, 2.05) is 6.92 Å². The van der Waals surface area contributed by atoms with Gasteiger partial charge in [0.25, 0.3) is 0 Å². The summed E-state index contributed by atoms with van der Waals surface area (Å²) in [4.78, 5) is 22.6. The summed E-state index contributed by atoms with van der Waals surface area (Å²) in [6.45, 7) is 3.32. The van der Waals surface area contributed by atoms with Crippen molar-refractivity contribution >= 4 is 11.9 Å². The zero-order valence-corrected chi connectivity index (χ0v) is 9.86. The second-order valence-corrected chi connectivity index (χ2v) is 4.48. The van der Waals surface area contributed by atoms with Crippen LogP contribution in [0.25, 0.3) is 0 Å². The highest BCUT2D eigenvalue weighted by Gasteiger charge is 2.45. The van der Waals surface area contributed by atoms with Gasteiger partial charge >= 0.3 is 11.9 Å². The van der Waals surface area contributed by atoms with Crippen molar-refractivity contribution in [1.29, 1.82) is 0 Å². The third kappa shape index (κ3) is 2.52. The van der Waals surface area contributed by atoms with Gasteiger partial charge in [0, 0.05) is 6.42 Å². The van der Waals surface area contributed by atoms with Crippen LogP contribution < -0.4 is 0 Å². The molecule has 0 aromatic heterocycles. The minimum Gasteiger partial charge on any atom is -0.480 e. The molecule has 0 aliphatic carbocycles. The molecule has 1 saturated heterocycles. The lowest BCUT2D eigenvalue weighted by Crippen LogP contribution is -2.40. The van der Waals surface area contributed by atoms with Crippen LogP contribution in [0.1, 0.15) is 33.1 Å². The quantitative estimate of drug-likeness (QED) is 0.580. The van der Waals surface area contributed by atoms with Crippen molar-refractivity contribution in [1.82, 2.24) is 0 Å². The molecule has 1 rings (SSSR count). The van der Waals surface area contributed by atoms with Gasteiger partial charge in [0.1, 0.15) is 0 Å². The molecule has 3 unspecified atom stereocenters. The lowest BCUT2D eigenvalue weighted by molar-refractivity contribution is -0.168. The van der Waals surface area contributed by atoms with Gasteiger partial charge in [0.2, 0.25) is 0 Å². The molecule has 1 N–H and O–H groups in total. The lowest BCUT2D eigenvalue weighted by atomic mass is 9.84. The monoisotopic (exact) mass is 230 g/mol.